The molecule has 1 N–H and O–H groups in total. The van der Waals surface area contributed by atoms with Gasteiger partial charge < -0.3 is 15.0 Å². The third-order valence-electron chi connectivity index (χ3n) is 3.96. The van der Waals surface area contributed by atoms with E-state index in [0.29, 0.717) is 18.9 Å². The van der Waals surface area contributed by atoms with Gasteiger partial charge in [-0.25, -0.2) is 4.39 Å². The van der Waals surface area contributed by atoms with Gasteiger partial charge >= 0.3 is 0 Å². The summed E-state index contributed by atoms with van der Waals surface area (Å²) in [5.41, 5.74) is 2.71. The summed E-state index contributed by atoms with van der Waals surface area (Å²) >= 11 is 0. The molecule has 0 saturated carbocycles. The van der Waals surface area contributed by atoms with E-state index in [1.165, 1.54) is 12.1 Å². The van der Waals surface area contributed by atoms with Crippen molar-refractivity contribution in [3.05, 3.63) is 59.4 Å². The topological polar surface area (TPSA) is 41.6 Å². The van der Waals surface area contributed by atoms with Gasteiger partial charge in [0.15, 0.2) is 0 Å². The Kier molecular flexibility index (Phi) is 4.57. The van der Waals surface area contributed by atoms with E-state index in [-0.39, 0.29) is 5.56 Å². The lowest BCUT2D eigenvalue weighted by Gasteiger charge is -2.29. The number of hydrogen-bond donors (Lipinski definition) is 1. The number of halogens is 1. The van der Waals surface area contributed by atoms with E-state index in [1.54, 1.807) is 12.1 Å². The normalized spacial score (nSPS) is 14.6. The molecule has 1 aliphatic heterocycles. The lowest BCUT2D eigenvalue weighted by Crippen LogP contribution is -2.36. The van der Waals surface area contributed by atoms with Crippen molar-refractivity contribution in [2.75, 3.05) is 36.5 Å². The number of anilines is 2. The number of nitrogens with one attached hydrogen (secondary N) is 1. The van der Waals surface area contributed by atoms with Gasteiger partial charge in [0, 0.05) is 24.5 Å². The van der Waals surface area contributed by atoms with Crippen LogP contribution in [0.5, 0.6) is 0 Å². The second-order valence-electron chi connectivity index (χ2n) is 5.53. The zero-order chi connectivity index (χ0) is 16.2. The van der Waals surface area contributed by atoms with Crippen molar-refractivity contribution < 1.29 is 13.9 Å². The van der Waals surface area contributed by atoms with Crippen LogP contribution in [0.4, 0.5) is 15.8 Å². The monoisotopic (exact) mass is 314 g/mol. The van der Waals surface area contributed by atoms with Crippen molar-refractivity contribution in [3.63, 3.8) is 0 Å². The van der Waals surface area contributed by atoms with E-state index < -0.39 is 11.7 Å². The number of hydrogen-bond acceptors (Lipinski definition) is 3. The van der Waals surface area contributed by atoms with Crippen LogP contribution in [0.1, 0.15) is 15.9 Å². The summed E-state index contributed by atoms with van der Waals surface area (Å²) in [4.78, 5) is 14.5. The first-order chi connectivity index (χ1) is 11.1. The van der Waals surface area contributed by atoms with Gasteiger partial charge in [-0.05, 0) is 36.8 Å². The van der Waals surface area contributed by atoms with Crippen molar-refractivity contribution in [1.29, 1.82) is 0 Å². The number of benzene rings is 2. The van der Waals surface area contributed by atoms with Crippen molar-refractivity contribution >= 4 is 17.3 Å². The Morgan fingerprint density at radius 1 is 1.17 bits per heavy atom. The van der Waals surface area contributed by atoms with Crippen LogP contribution in [0.2, 0.25) is 0 Å². The summed E-state index contributed by atoms with van der Waals surface area (Å²) in [6, 6.07) is 11.9. The molecule has 1 heterocycles. The zero-order valence-corrected chi connectivity index (χ0v) is 13.0. The average Bonchev–Trinajstić information content (AvgIpc) is 2.58. The maximum absolute atomic E-state index is 13.7. The molecule has 0 aromatic heterocycles. The molecule has 3 rings (SSSR count). The van der Waals surface area contributed by atoms with Crippen LogP contribution in [0.3, 0.4) is 0 Å². The molecule has 0 radical (unpaired) electrons. The van der Waals surface area contributed by atoms with Gasteiger partial charge in [-0.2, -0.15) is 0 Å². The Bertz CT molecular complexity index is 712. The number of aryl methyl sites for hydroxylation is 1. The van der Waals surface area contributed by atoms with E-state index in [9.17, 15) is 9.18 Å². The molecule has 120 valence electrons. The van der Waals surface area contributed by atoms with Gasteiger partial charge in [-0.1, -0.05) is 18.2 Å². The van der Waals surface area contributed by atoms with Crippen molar-refractivity contribution in [3.8, 4) is 0 Å². The number of rotatable bonds is 3. The van der Waals surface area contributed by atoms with Gasteiger partial charge in [-0.15, -0.1) is 0 Å². The van der Waals surface area contributed by atoms with Gasteiger partial charge in [0.1, 0.15) is 5.82 Å². The van der Waals surface area contributed by atoms with E-state index in [0.717, 1.165) is 24.3 Å². The third kappa shape index (κ3) is 3.51. The highest BCUT2D eigenvalue weighted by atomic mass is 19.1. The Hall–Kier alpha value is -2.40. The lowest BCUT2D eigenvalue weighted by molar-refractivity contribution is 0.102. The van der Waals surface area contributed by atoms with Crippen LogP contribution in [0.25, 0.3) is 0 Å². The fourth-order valence-corrected chi connectivity index (χ4v) is 2.60. The predicted octanol–water partition coefficient (Wildman–Crippen LogP) is 3.22. The molecule has 1 amide bonds. The SMILES string of the molecule is Cc1ccc(N2CCOCC2)cc1NC(=O)c1ccccc1F. The molecule has 0 atom stereocenters. The quantitative estimate of drug-likeness (QED) is 0.946. The molecule has 1 fully saturated rings. The van der Waals surface area contributed by atoms with Crippen LogP contribution in [0, 0.1) is 12.7 Å². The summed E-state index contributed by atoms with van der Waals surface area (Å²) in [6.45, 7) is 4.96. The number of amides is 1. The van der Waals surface area contributed by atoms with Crippen LogP contribution in [0.15, 0.2) is 42.5 Å². The molecule has 1 aliphatic rings. The molecule has 23 heavy (non-hydrogen) atoms. The van der Waals surface area contributed by atoms with Crippen molar-refractivity contribution in [2.24, 2.45) is 0 Å². The summed E-state index contributed by atoms with van der Waals surface area (Å²) in [5, 5.41) is 2.81. The minimum Gasteiger partial charge on any atom is -0.378 e. The van der Waals surface area contributed by atoms with Gasteiger partial charge in [0.05, 0.1) is 18.8 Å². The highest BCUT2D eigenvalue weighted by Gasteiger charge is 2.15. The summed E-state index contributed by atoms with van der Waals surface area (Å²) in [5.74, 6) is -0.961. The number of nitrogens with zero attached hydrogens (tertiary/aromatic N) is 1. The average molecular weight is 314 g/mol. The molecule has 5 heteroatoms. The Balaban J connectivity index is 1.82. The molecule has 0 spiro atoms. The zero-order valence-electron chi connectivity index (χ0n) is 13.0. The molecule has 1 saturated heterocycles. The summed E-state index contributed by atoms with van der Waals surface area (Å²) in [7, 11) is 0. The highest BCUT2D eigenvalue weighted by Crippen LogP contribution is 2.25. The Morgan fingerprint density at radius 3 is 2.65 bits per heavy atom. The molecule has 2 aromatic carbocycles. The van der Waals surface area contributed by atoms with Crippen LogP contribution < -0.4 is 10.2 Å². The number of carbonyl (C=O) groups is 1. The minimum atomic E-state index is -0.521. The molecular formula is C18H19FN2O2. The first-order valence-electron chi connectivity index (χ1n) is 7.64. The molecule has 0 aliphatic carbocycles. The maximum atomic E-state index is 13.7. The highest BCUT2D eigenvalue weighted by molar-refractivity contribution is 6.05. The summed E-state index contributed by atoms with van der Waals surface area (Å²) < 4.78 is 19.1. The fourth-order valence-electron chi connectivity index (χ4n) is 2.60. The second-order valence-corrected chi connectivity index (χ2v) is 5.53. The van der Waals surface area contributed by atoms with Crippen LogP contribution in [-0.2, 0) is 4.74 Å². The molecular weight excluding hydrogens is 295 g/mol. The van der Waals surface area contributed by atoms with Crippen molar-refractivity contribution in [1.82, 2.24) is 0 Å². The Labute approximate surface area is 134 Å². The second kappa shape index (κ2) is 6.79. The number of carbonyl (C=O) groups excluding carboxylic acids is 1. The van der Waals surface area contributed by atoms with Crippen LogP contribution >= 0.6 is 0 Å². The molecule has 0 bridgehead atoms. The summed E-state index contributed by atoms with van der Waals surface area (Å²) in [6.07, 6.45) is 0. The van der Waals surface area contributed by atoms with Gasteiger partial charge in [0.25, 0.3) is 5.91 Å². The smallest absolute Gasteiger partial charge is 0.258 e. The standard InChI is InChI=1S/C18H19FN2O2/c1-13-6-7-14(21-8-10-23-11-9-21)12-17(13)20-18(22)15-4-2-3-5-16(15)19/h2-7,12H,8-11H2,1H3,(H,20,22). The van der Waals surface area contributed by atoms with E-state index in [4.69, 9.17) is 4.74 Å². The van der Waals surface area contributed by atoms with E-state index in [2.05, 4.69) is 10.2 Å². The first kappa shape index (κ1) is 15.5. The molecule has 4 nitrogen and oxygen atoms in total. The first-order valence-corrected chi connectivity index (χ1v) is 7.64. The predicted molar refractivity (Wildman–Crippen MR) is 88.6 cm³/mol. The maximum Gasteiger partial charge on any atom is 0.258 e. The van der Waals surface area contributed by atoms with Gasteiger partial charge in [0.2, 0.25) is 0 Å². The number of ether oxygens (including phenoxy) is 1. The molecule has 0 unspecified atom stereocenters. The van der Waals surface area contributed by atoms with Gasteiger partial charge in [-0.3, -0.25) is 4.79 Å². The molecule has 2 aromatic rings. The number of morpholine rings is 1. The van der Waals surface area contributed by atoms with Crippen LogP contribution in [-0.4, -0.2) is 32.2 Å². The minimum absolute atomic E-state index is 0.0451. The van der Waals surface area contributed by atoms with E-state index >= 15 is 0 Å². The fraction of sp³-hybridized carbons (Fsp3) is 0.278. The third-order valence-corrected chi connectivity index (χ3v) is 3.96. The van der Waals surface area contributed by atoms with E-state index in [1.807, 2.05) is 25.1 Å². The lowest BCUT2D eigenvalue weighted by atomic mass is 10.1. The largest absolute Gasteiger partial charge is 0.378 e. The Morgan fingerprint density at radius 2 is 1.91 bits per heavy atom. The van der Waals surface area contributed by atoms with Crippen molar-refractivity contribution in [2.45, 2.75) is 6.92 Å².